The highest BCUT2D eigenvalue weighted by molar-refractivity contribution is 6.33. The fourth-order valence-electron chi connectivity index (χ4n) is 0.912. The molecule has 0 aromatic heterocycles. The minimum Gasteiger partial charge on any atom is -0.324 e. The van der Waals surface area contributed by atoms with Crippen LogP contribution < -0.4 is 5.32 Å². The van der Waals surface area contributed by atoms with Crippen LogP contribution >= 0.6 is 11.6 Å². The Morgan fingerprint density at radius 3 is 2.79 bits per heavy atom. The van der Waals surface area contributed by atoms with Crippen LogP contribution in [0.5, 0.6) is 0 Å². The summed E-state index contributed by atoms with van der Waals surface area (Å²) in [5, 5.41) is 1.99. The van der Waals surface area contributed by atoms with Crippen molar-refractivity contribution in [2.45, 2.75) is 6.92 Å². The number of anilines is 1. The van der Waals surface area contributed by atoms with Crippen molar-refractivity contribution in [1.82, 2.24) is 0 Å². The molecule has 0 bridgehead atoms. The van der Waals surface area contributed by atoms with Gasteiger partial charge in [0.25, 0.3) is 0 Å². The van der Waals surface area contributed by atoms with Crippen LogP contribution in [-0.4, -0.2) is 5.91 Å². The number of amides is 1. The van der Waals surface area contributed by atoms with Gasteiger partial charge < -0.3 is 5.32 Å². The van der Waals surface area contributed by atoms with Crippen LogP contribution in [0.4, 0.5) is 15.8 Å². The average molecular weight is 213 g/mol. The molecule has 0 aliphatic heterocycles. The van der Waals surface area contributed by atoms with Crippen LogP contribution in [0.3, 0.4) is 0 Å². The first-order valence-electron chi connectivity index (χ1n) is 3.69. The molecule has 1 amide bonds. The molecule has 1 aromatic rings. The molecule has 1 aromatic carbocycles. The summed E-state index contributed by atoms with van der Waals surface area (Å²) in [5.74, 6) is -1.18. The molecule has 72 valence electrons. The van der Waals surface area contributed by atoms with E-state index in [2.05, 4.69) is 10.2 Å². The second kappa shape index (κ2) is 4.07. The smallest absolute Gasteiger partial charge is 0.221 e. The molecule has 0 spiro atoms. The van der Waals surface area contributed by atoms with Gasteiger partial charge in [0.2, 0.25) is 11.6 Å². The number of carbonyl (C=O) groups is 1. The molecular formula is C9H6ClFN2O. The number of benzene rings is 1. The second-order valence-electron chi connectivity index (χ2n) is 2.55. The van der Waals surface area contributed by atoms with Crippen LogP contribution in [0.2, 0.25) is 5.02 Å². The van der Waals surface area contributed by atoms with E-state index in [-0.39, 0.29) is 16.4 Å². The Labute approximate surface area is 85.3 Å². The predicted molar refractivity (Wildman–Crippen MR) is 52.0 cm³/mol. The Balaban J connectivity index is 3.18. The largest absolute Gasteiger partial charge is 0.324 e. The van der Waals surface area contributed by atoms with Gasteiger partial charge in [0, 0.05) is 6.92 Å². The van der Waals surface area contributed by atoms with Crippen LogP contribution in [0, 0.1) is 12.4 Å². The number of hydrogen-bond donors (Lipinski definition) is 1. The van der Waals surface area contributed by atoms with Crippen molar-refractivity contribution < 1.29 is 9.18 Å². The summed E-state index contributed by atoms with van der Waals surface area (Å²) in [6.07, 6.45) is 0. The second-order valence-corrected chi connectivity index (χ2v) is 2.93. The zero-order valence-electron chi connectivity index (χ0n) is 7.27. The molecular weight excluding hydrogens is 207 g/mol. The van der Waals surface area contributed by atoms with Crippen LogP contribution in [0.25, 0.3) is 4.85 Å². The summed E-state index contributed by atoms with van der Waals surface area (Å²) in [6, 6.07) is 2.65. The summed E-state index contributed by atoms with van der Waals surface area (Å²) in [4.78, 5) is 13.7. The normalized spacial score (nSPS) is 9.29. The number of hydrogen-bond acceptors (Lipinski definition) is 1. The van der Waals surface area contributed by atoms with Crippen molar-refractivity contribution in [2.75, 3.05) is 5.32 Å². The molecule has 0 saturated heterocycles. The van der Waals surface area contributed by atoms with E-state index >= 15 is 0 Å². The Morgan fingerprint density at radius 2 is 2.29 bits per heavy atom. The highest BCUT2D eigenvalue weighted by Gasteiger charge is 2.11. The number of nitrogens with zero attached hydrogens (tertiary/aromatic N) is 1. The molecule has 0 radical (unpaired) electrons. The quantitative estimate of drug-likeness (QED) is 0.714. The molecule has 0 aliphatic carbocycles. The lowest BCUT2D eigenvalue weighted by molar-refractivity contribution is -0.114. The van der Waals surface area contributed by atoms with Gasteiger partial charge in [-0.1, -0.05) is 17.7 Å². The number of halogens is 2. The minimum atomic E-state index is -0.782. The molecule has 0 heterocycles. The van der Waals surface area contributed by atoms with E-state index in [0.717, 1.165) is 0 Å². The van der Waals surface area contributed by atoms with Crippen molar-refractivity contribution in [3.8, 4) is 0 Å². The summed E-state index contributed by atoms with van der Waals surface area (Å²) in [5.41, 5.74) is 0.00756. The van der Waals surface area contributed by atoms with E-state index in [1.807, 2.05) is 0 Å². The van der Waals surface area contributed by atoms with Gasteiger partial charge in [0.1, 0.15) is 0 Å². The summed E-state index contributed by atoms with van der Waals surface area (Å²) < 4.78 is 13.3. The average Bonchev–Trinajstić information content (AvgIpc) is 2.13. The third-order valence-electron chi connectivity index (χ3n) is 1.49. The first-order valence-corrected chi connectivity index (χ1v) is 4.07. The molecule has 0 atom stereocenters. The van der Waals surface area contributed by atoms with Crippen LogP contribution in [0.1, 0.15) is 6.92 Å². The molecule has 0 aliphatic rings. The van der Waals surface area contributed by atoms with Gasteiger partial charge in [0.15, 0.2) is 5.82 Å². The molecule has 14 heavy (non-hydrogen) atoms. The van der Waals surface area contributed by atoms with Gasteiger partial charge in [-0.2, -0.15) is 0 Å². The Hall–Kier alpha value is -1.60. The maximum Gasteiger partial charge on any atom is 0.221 e. The highest BCUT2D eigenvalue weighted by atomic mass is 35.5. The first kappa shape index (κ1) is 10.5. The van der Waals surface area contributed by atoms with Crippen molar-refractivity contribution in [3.05, 3.63) is 34.4 Å². The molecule has 1 rings (SSSR count). The molecule has 5 heteroatoms. The molecule has 0 unspecified atom stereocenters. The van der Waals surface area contributed by atoms with Gasteiger partial charge in [-0.3, -0.25) is 4.79 Å². The molecule has 0 saturated carbocycles. The van der Waals surface area contributed by atoms with E-state index in [1.165, 1.54) is 19.1 Å². The Bertz CT molecular complexity index is 426. The van der Waals surface area contributed by atoms with E-state index in [4.69, 9.17) is 18.2 Å². The fraction of sp³-hybridized carbons (Fsp3) is 0.111. The topological polar surface area (TPSA) is 33.5 Å². The third-order valence-corrected chi connectivity index (χ3v) is 1.85. The van der Waals surface area contributed by atoms with E-state index in [0.29, 0.717) is 0 Å². The zero-order chi connectivity index (χ0) is 10.7. The lowest BCUT2D eigenvalue weighted by Gasteiger charge is -2.05. The third kappa shape index (κ3) is 2.01. The number of carbonyl (C=O) groups excluding carboxylic acids is 1. The lowest BCUT2D eigenvalue weighted by atomic mass is 10.2. The molecule has 0 fully saturated rings. The maximum atomic E-state index is 13.3. The summed E-state index contributed by atoms with van der Waals surface area (Å²) >= 11 is 5.54. The van der Waals surface area contributed by atoms with Crippen molar-refractivity contribution in [3.63, 3.8) is 0 Å². The van der Waals surface area contributed by atoms with E-state index in [1.54, 1.807) is 0 Å². The Kier molecular flexibility index (Phi) is 3.05. The highest BCUT2D eigenvalue weighted by Crippen LogP contribution is 2.32. The van der Waals surface area contributed by atoms with Gasteiger partial charge in [0.05, 0.1) is 17.3 Å². The van der Waals surface area contributed by atoms with Crippen molar-refractivity contribution >= 4 is 28.9 Å². The SMILES string of the molecule is [C-]#[N+]c1ccc(NC(C)=O)c(F)c1Cl. The van der Waals surface area contributed by atoms with Gasteiger partial charge in [-0.15, -0.1) is 0 Å². The zero-order valence-corrected chi connectivity index (χ0v) is 8.02. The van der Waals surface area contributed by atoms with Crippen molar-refractivity contribution in [2.24, 2.45) is 0 Å². The molecule has 3 nitrogen and oxygen atoms in total. The standard InChI is InChI=1S/C9H6ClFN2O/c1-5(14)13-7-4-3-6(12-2)8(10)9(7)11/h3-4H,1H3,(H,13,14). The van der Waals surface area contributed by atoms with E-state index < -0.39 is 11.7 Å². The monoisotopic (exact) mass is 212 g/mol. The summed E-state index contributed by atoms with van der Waals surface area (Å²) in [6.45, 7) is 7.94. The van der Waals surface area contributed by atoms with Crippen molar-refractivity contribution in [1.29, 1.82) is 0 Å². The van der Waals surface area contributed by atoms with Gasteiger partial charge >= 0.3 is 0 Å². The first-order chi connectivity index (χ1) is 6.56. The number of nitrogens with one attached hydrogen (secondary N) is 1. The summed E-state index contributed by atoms with van der Waals surface area (Å²) in [7, 11) is 0. The Morgan fingerprint density at radius 1 is 1.64 bits per heavy atom. The van der Waals surface area contributed by atoms with Crippen LogP contribution in [-0.2, 0) is 4.79 Å². The lowest BCUT2D eigenvalue weighted by Crippen LogP contribution is -2.07. The maximum absolute atomic E-state index is 13.3. The van der Waals surface area contributed by atoms with E-state index in [9.17, 15) is 9.18 Å². The molecule has 1 N–H and O–H groups in total. The predicted octanol–water partition coefficient (Wildman–Crippen LogP) is 2.99. The minimum absolute atomic E-state index is 0.0186. The van der Waals surface area contributed by atoms with Gasteiger partial charge in [-0.25, -0.2) is 9.24 Å². The number of rotatable bonds is 1. The van der Waals surface area contributed by atoms with Crippen LogP contribution in [0.15, 0.2) is 12.1 Å². The fourth-order valence-corrected chi connectivity index (χ4v) is 1.12. The van der Waals surface area contributed by atoms with Gasteiger partial charge in [-0.05, 0) is 6.07 Å².